The van der Waals surface area contributed by atoms with Crippen LogP contribution < -0.4 is 5.32 Å². The zero-order valence-electron chi connectivity index (χ0n) is 14.0. The van der Waals surface area contributed by atoms with E-state index in [2.05, 4.69) is 10.3 Å². The zero-order valence-corrected chi connectivity index (χ0v) is 14.0. The minimum atomic E-state index is -0.171. The third-order valence-corrected chi connectivity index (χ3v) is 3.95. The molecule has 0 aliphatic carbocycles. The molecule has 0 unspecified atom stereocenters. The van der Waals surface area contributed by atoms with E-state index in [1.807, 2.05) is 42.1 Å². The molecular formula is C18H20N4O2. The molecule has 1 aromatic carbocycles. The topological polar surface area (TPSA) is 70.1 Å². The van der Waals surface area contributed by atoms with Crippen molar-refractivity contribution in [3.05, 3.63) is 59.4 Å². The van der Waals surface area contributed by atoms with Gasteiger partial charge in [-0.3, -0.25) is 9.59 Å². The smallest absolute Gasteiger partial charge is 0.268 e. The standard InChI is InChI=1S/C18H20N4O2/c1-21(2)18(24)13-6-4-5-12(9-13)11-19-17(23)15-10-16-14(20-15)7-8-22(16)3/h4-10,20H,11H2,1-3H3,(H,19,23). The van der Waals surface area contributed by atoms with Gasteiger partial charge in [-0.15, -0.1) is 0 Å². The van der Waals surface area contributed by atoms with Crippen molar-refractivity contribution < 1.29 is 9.59 Å². The van der Waals surface area contributed by atoms with Crippen molar-refractivity contribution in [1.29, 1.82) is 0 Å². The quantitative estimate of drug-likeness (QED) is 0.772. The number of carbonyl (C=O) groups is 2. The van der Waals surface area contributed by atoms with Crippen molar-refractivity contribution in [2.45, 2.75) is 6.54 Å². The first-order valence-corrected chi connectivity index (χ1v) is 7.68. The van der Waals surface area contributed by atoms with Crippen LogP contribution in [0.1, 0.15) is 26.4 Å². The summed E-state index contributed by atoms with van der Waals surface area (Å²) in [5.74, 6) is -0.227. The molecule has 0 saturated carbocycles. The average Bonchev–Trinajstić information content (AvgIpc) is 3.14. The lowest BCUT2D eigenvalue weighted by Gasteiger charge is -2.11. The molecule has 0 aliphatic heterocycles. The maximum atomic E-state index is 12.3. The molecule has 24 heavy (non-hydrogen) atoms. The van der Waals surface area contributed by atoms with Gasteiger partial charge < -0.3 is 19.8 Å². The van der Waals surface area contributed by atoms with E-state index in [-0.39, 0.29) is 11.8 Å². The van der Waals surface area contributed by atoms with E-state index in [1.165, 1.54) is 4.90 Å². The maximum absolute atomic E-state index is 12.3. The van der Waals surface area contributed by atoms with E-state index >= 15 is 0 Å². The Hall–Kier alpha value is -3.02. The van der Waals surface area contributed by atoms with Crippen LogP contribution in [-0.4, -0.2) is 40.4 Å². The van der Waals surface area contributed by atoms with Crippen LogP contribution in [0.3, 0.4) is 0 Å². The van der Waals surface area contributed by atoms with Crippen molar-refractivity contribution in [2.24, 2.45) is 7.05 Å². The van der Waals surface area contributed by atoms with Crippen LogP contribution in [-0.2, 0) is 13.6 Å². The normalized spacial score (nSPS) is 10.8. The highest BCUT2D eigenvalue weighted by Crippen LogP contribution is 2.15. The first-order chi connectivity index (χ1) is 11.5. The molecule has 0 fully saturated rings. The molecule has 2 amide bonds. The number of nitrogens with zero attached hydrogens (tertiary/aromatic N) is 2. The number of nitrogens with one attached hydrogen (secondary N) is 2. The summed E-state index contributed by atoms with van der Waals surface area (Å²) < 4.78 is 1.96. The van der Waals surface area contributed by atoms with Gasteiger partial charge in [0.15, 0.2) is 0 Å². The van der Waals surface area contributed by atoms with Crippen molar-refractivity contribution in [2.75, 3.05) is 14.1 Å². The lowest BCUT2D eigenvalue weighted by atomic mass is 10.1. The summed E-state index contributed by atoms with van der Waals surface area (Å²) >= 11 is 0. The van der Waals surface area contributed by atoms with Gasteiger partial charge in [-0.1, -0.05) is 12.1 Å². The van der Waals surface area contributed by atoms with Crippen LogP contribution in [0.4, 0.5) is 0 Å². The summed E-state index contributed by atoms with van der Waals surface area (Å²) in [6, 6.07) is 11.0. The Morgan fingerprint density at radius 2 is 2.00 bits per heavy atom. The molecule has 124 valence electrons. The Kier molecular flexibility index (Phi) is 4.12. The largest absolute Gasteiger partial charge is 0.349 e. The van der Waals surface area contributed by atoms with Gasteiger partial charge in [-0.05, 0) is 29.8 Å². The maximum Gasteiger partial charge on any atom is 0.268 e. The predicted octanol–water partition coefficient (Wildman–Crippen LogP) is 2.14. The molecule has 6 heteroatoms. The van der Waals surface area contributed by atoms with E-state index in [0.29, 0.717) is 17.8 Å². The highest BCUT2D eigenvalue weighted by Gasteiger charge is 2.12. The van der Waals surface area contributed by atoms with Crippen molar-refractivity contribution >= 4 is 22.8 Å². The van der Waals surface area contributed by atoms with E-state index in [0.717, 1.165) is 16.6 Å². The minimum Gasteiger partial charge on any atom is -0.349 e. The lowest BCUT2D eigenvalue weighted by Crippen LogP contribution is -2.24. The highest BCUT2D eigenvalue weighted by molar-refractivity contribution is 5.97. The van der Waals surface area contributed by atoms with Gasteiger partial charge in [0, 0.05) is 39.4 Å². The van der Waals surface area contributed by atoms with Crippen molar-refractivity contribution in [3.8, 4) is 0 Å². The molecule has 3 rings (SSSR count). The molecule has 3 aromatic rings. The second-order valence-electron chi connectivity index (χ2n) is 5.99. The third kappa shape index (κ3) is 3.03. The lowest BCUT2D eigenvalue weighted by molar-refractivity contribution is 0.0827. The number of aromatic amines is 1. The van der Waals surface area contributed by atoms with Gasteiger partial charge in [0.25, 0.3) is 11.8 Å². The number of benzene rings is 1. The van der Waals surface area contributed by atoms with Crippen molar-refractivity contribution in [1.82, 2.24) is 19.8 Å². The molecular weight excluding hydrogens is 304 g/mol. The van der Waals surface area contributed by atoms with Gasteiger partial charge in [0.05, 0.1) is 11.0 Å². The minimum absolute atomic E-state index is 0.0567. The van der Waals surface area contributed by atoms with E-state index in [9.17, 15) is 9.59 Å². The zero-order chi connectivity index (χ0) is 17.3. The number of aromatic nitrogens is 2. The number of carbonyl (C=O) groups excluding carboxylic acids is 2. The number of hydrogen-bond acceptors (Lipinski definition) is 2. The fraction of sp³-hybridized carbons (Fsp3) is 0.222. The van der Waals surface area contributed by atoms with Crippen LogP contribution in [0, 0.1) is 0 Å². The Morgan fingerprint density at radius 3 is 2.71 bits per heavy atom. The summed E-state index contributed by atoms with van der Waals surface area (Å²) in [6.07, 6.45) is 1.94. The highest BCUT2D eigenvalue weighted by atomic mass is 16.2. The molecule has 0 atom stereocenters. The van der Waals surface area contributed by atoms with Gasteiger partial charge in [-0.2, -0.15) is 0 Å². The van der Waals surface area contributed by atoms with Gasteiger partial charge >= 0.3 is 0 Å². The Morgan fingerprint density at radius 1 is 1.21 bits per heavy atom. The summed E-state index contributed by atoms with van der Waals surface area (Å²) in [5, 5.41) is 2.88. The summed E-state index contributed by atoms with van der Waals surface area (Å²) in [7, 11) is 5.37. The molecule has 0 bridgehead atoms. The van der Waals surface area contributed by atoms with Gasteiger partial charge in [0.2, 0.25) is 0 Å². The number of aryl methyl sites for hydroxylation is 1. The molecule has 2 heterocycles. The molecule has 0 saturated heterocycles. The van der Waals surface area contributed by atoms with Crippen LogP contribution in [0.25, 0.3) is 11.0 Å². The van der Waals surface area contributed by atoms with Crippen molar-refractivity contribution in [3.63, 3.8) is 0 Å². The summed E-state index contributed by atoms with van der Waals surface area (Å²) in [5.41, 5.74) is 3.93. The molecule has 0 aliphatic rings. The molecule has 2 N–H and O–H groups in total. The first kappa shape index (κ1) is 15.9. The molecule has 0 spiro atoms. The summed E-state index contributed by atoms with van der Waals surface area (Å²) in [4.78, 5) is 28.9. The number of amides is 2. The molecule has 6 nitrogen and oxygen atoms in total. The fourth-order valence-electron chi connectivity index (χ4n) is 2.62. The Labute approximate surface area is 140 Å². The number of H-pyrrole nitrogens is 1. The van der Waals surface area contributed by atoms with E-state index in [4.69, 9.17) is 0 Å². The van der Waals surface area contributed by atoms with Crippen LogP contribution in [0.2, 0.25) is 0 Å². The Balaban J connectivity index is 1.70. The van der Waals surface area contributed by atoms with E-state index < -0.39 is 0 Å². The Bertz CT molecular complexity index is 905. The molecule has 2 aromatic heterocycles. The number of hydrogen-bond donors (Lipinski definition) is 2. The van der Waals surface area contributed by atoms with Gasteiger partial charge in [-0.25, -0.2) is 0 Å². The van der Waals surface area contributed by atoms with Crippen LogP contribution in [0.15, 0.2) is 42.6 Å². The summed E-state index contributed by atoms with van der Waals surface area (Å²) in [6.45, 7) is 0.364. The van der Waals surface area contributed by atoms with E-state index in [1.54, 1.807) is 26.2 Å². The molecule has 0 radical (unpaired) electrons. The average molecular weight is 324 g/mol. The second-order valence-corrected chi connectivity index (χ2v) is 5.99. The van der Waals surface area contributed by atoms with Crippen LogP contribution in [0.5, 0.6) is 0 Å². The number of fused-ring (bicyclic) bond motifs is 1. The monoisotopic (exact) mass is 324 g/mol. The second kappa shape index (κ2) is 6.23. The van der Waals surface area contributed by atoms with Crippen LogP contribution >= 0.6 is 0 Å². The predicted molar refractivity (Wildman–Crippen MR) is 92.9 cm³/mol. The third-order valence-electron chi connectivity index (χ3n) is 3.95. The SMILES string of the molecule is CN(C)C(=O)c1cccc(CNC(=O)c2cc3c(ccn3C)[nH]2)c1. The number of rotatable bonds is 4. The fourth-order valence-corrected chi connectivity index (χ4v) is 2.62. The van der Waals surface area contributed by atoms with Gasteiger partial charge in [0.1, 0.15) is 5.69 Å². The first-order valence-electron chi connectivity index (χ1n) is 7.68.